The molecule has 1 aromatic rings. The van der Waals surface area contributed by atoms with Crippen molar-refractivity contribution in [3.63, 3.8) is 0 Å². The minimum absolute atomic E-state index is 0.0542. The van der Waals surface area contributed by atoms with Gasteiger partial charge in [0.2, 0.25) is 5.91 Å². The Labute approximate surface area is 95.6 Å². The van der Waals surface area contributed by atoms with Crippen LogP contribution in [0, 0.1) is 0 Å². The summed E-state index contributed by atoms with van der Waals surface area (Å²) in [7, 11) is 0. The highest BCUT2D eigenvalue weighted by molar-refractivity contribution is 5.76. The number of nitrogens with zero attached hydrogens (tertiary/aromatic N) is 1. The summed E-state index contributed by atoms with van der Waals surface area (Å²) in [5.41, 5.74) is 6.40. The second-order valence-electron chi connectivity index (χ2n) is 3.37. The largest absolute Gasteiger partial charge is 0.353 e. The molecule has 0 aliphatic heterocycles. The third-order valence-corrected chi connectivity index (χ3v) is 2.11. The third-order valence-electron chi connectivity index (χ3n) is 2.11. The molecule has 0 aliphatic carbocycles. The number of nitrogens with one attached hydrogen (secondary N) is 1. The molecular weight excluding hydrogens is 202 g/mol. The van der Waals surface area contributed by atoms with Gasteiger partial charge >= 0.3 is 0 Å². The lowest BCUT2D eigenvalue weighted by Crippen LogP contribution is -2.23. The fourth-order valence-corrected chi connectivity index (χ4v) is 1.25. The van der Waals surface area contributed by atoms with E-state index in [2.05, 4.69) is 10.3 Å². The van der Waals surface area contributed by atoms with Crippen LogP contribution in [0.4, 0.5) is 0 Å². The maximum Gasteiger partial charge on any atom is 0.220 e. The Morgan fingerprint density at radius 2 is 2.12 bits per heavy atom. The first-order chi connectivity index (χ1) is 7.83. The number of aromatic nitrogens is 1. The van der Waals surface area contributed by atoms with Crippen LogP contribution in [0.15, 0.2) is 36.7 Å². The van der Waals surface area contributed by atoms with Gasteiger partial charge in [0.05, 0.1) is 0 Å². The first-order valence-corrected chi connectivity index (χ1v) is 5.33. The number of aryl methyl sites for hydroxylation is 1. The van der Waals surface area contributed by atoms with Gasteiger partial charge in [-0.25, -0.2) is 0 Å². The number of rotatable bonds is 6. The Morgan fingerprint density at radius 1 is 1.38 bits per heavy atom. The maximum absolute atomic E-state index is 11.4. The van der Waals surface area contributed by atoms with Crippen molar-refractivity contribution in [1.29, 1.82) is 0 Å². The van der Waals surface area contributed by atoms with Crippen molar-refractivity contribution < 1.29 is 4.79 Å². The van der Waals surface area contributed by atoms with Gasteiger partial charge < -0.3 is 11.1 Å². The summed E-state index contributed by atoms with van der Waals surface area (Å²) in [4.78, 5) is 15.3. The molecule has 1 aromatic heterocycles. The van der Waals surface area contributed by atoms with E-state index >= 15 is 0 Å². The van der Waals surface area contributed by atoms with Crippen molar-refractivity contribution >= 4 is 5.91 Å². The summed E-state index contributed by atoms with van der Waals surface area (Å²) in [5.74, 6) is 0.0542. The van der Waals surface area contributed by atoms with Gasteiger partial charge in [-0.15, -0.1) is 0 Å². The molecule has 4 nitrogen and oxygen atoms in total. The topological polar surface area (TPSA) is 68.0 Å². The molecule has 1 rings (SSSR count). The predicted molar refractivity (Wildman–Crippen MR) is 63.8 cm³/mol. The average Bonchev–Trinajstić information content (AvgIpc) is 2.33. The van der Waals surface area contributed by atoms with Crippen molar-refractivity contribution in [2.24, 2.45) is 5.73 Å². The molecular formula is C12H17N3O. The zero-order valence-corrected chi connectivity index (χ0v) is 9.23. The highest BCUT2D eigenvalue weighted by Gasteiger charge is 1.99. The van der Waals surface area contributed by atoms with Crippen LogP contribution in [-0.4, -0.2) is 24.0 Å². The van der Waals surface area contributed by atoms with Crippen LogP contribution < -0.4 is 11.1 Å². The summed E-state index contributed by atoms with van der Waals surface area (Å²) in [5, 5.41) is 2.79. The van der Waals surface area contributed by atoms with Crippen LogP contribution in [0.25, 0.3) is 0 Å². The summed E-state index contributed by atoms with van der Waals surface area (Å²) < 4.78 is 0. The smallest absolute Gasteiger partial charge is 0.220 e. The van der Waals surface area contributed by atoms with Crippen molar-refractivity contribution in [3.8, 4) is 0 Å². The Bertz CT molecular complexity index is 335. The molecule has 0 radical (unpaired) electrons. The highest BCUT2D eigenvalue weighted by Crippen LogP contribution is 2.00. The van der Waals surface area contributed by atoms with Gasteiger partial charge in [0.25, 0.3) is 0 Å². The van der Waals surface area contributed by atoms with Gasteiger partial charge in [0, 0.05) is 31.9 Å². The van der Waals surface area contributed by atoms with Crippen LogP contribution in [0.1, 0.15) is 12.0 Å². The van der Waals surface area contributed by atoms with Gasteiger partial charge in [0.15, 0.2) is 0 Å². The van der Waals surface area contributed by atoms with Gasteiger partial charge in [-0.1, -0.05) is 12.2 Å². The summed E-state index contributed by atoms with van der Waals surface area (Å²) in [6.07, 6.45) is 8.39. The van der Waals surface area contributed by atoms with Crippen LogP contribution in [0.5, 0.6) is 0 Å². The molecule has 1 amide bonds. The SMILES string of the molecule is NC/C=C/CNC(=O)CCc1ccncc1. The zero-order valence-electron chi connectivity index (χ0n) is 9.23. The van der Waals surface area contributed by atoms with Crippen molar-refractivity contribution in [1.82, 2.24) is 10.3 Å². The Morgan fingerprint density at radius 3 is 2.81 bits per heavy atom. The standard InChI is InChI=1S/C12H17N3O/c13-7-1-2-8-15-12(16)4-3-11-5-9-14-10-6-11/h1-2,5-6,9-10H,3-4,7-8,13H2,(H,15,16)/b2-1+. The van der Waals surface area contributed by atoms with Crippen LogP contribution in [0.3, 0.4) is 0 Å². The number of pyridine rings is 1. The second kappa shape index (κ2) is 7.59. The van der Waals surface area contributed by atoms with E-state index in [1.165, 1.54) is 0 Å². The molecule has 0 saturated carbocycles. The number of hydrogen-bond donors (Lipinski definition) is 2. The Hall–Kier alpha value is -1.68. The fraction of sp³-hybridized carbons (Fsp3) is 0.333. The molecule has 0 fully saturated rings. The average molecular weight is 219 g/mol. The molecule has 0 aliphatic rings. The third kappa shape index (κ3) is 5.26. The normalized spacial score (nSPS) is 10.6. The Kier molecular flexibility index (Phi) is 5.88. The number of carbonyl (C=O) groups excluding carboxylic acids is 1. The zero-order chi connectivity index (χ0) is 11.6. The lowest BCUT2D eigenvalue weighted by atomic mass is 10.1. The van der Waals surface area contributed by atoms with E-state index in [1.54, 1.807) is 12.4 Å². The summed E-state index contributed by atoms with van der Waals surface area (Å²) >= 11 is 0. The first-order valence-electron chi connectivity index (χ1n) is 5.33. The molecule has 4 heteroatoms. The minimum atomic E-state index is 0.0542. The number of nitrogens with two attached hydrogens (primary N) is 1. The van der Waals surface area contributed by atoms with E-state index in [0.29, 0.717) is 19.5 Å². The molecule has 0 unspecified atom stereocenters. The summed E-state index contributed by atoms with van der Waals surface area (Å²) in [6.45, 7) is 1.05. The fourth-order valence-electron chi connectivity index (χ4n) is 1.25. The predicted octanol–water partition coefficient (Wildman–Crippen LogP) is 0.645. The number of carbonyl (C=O) groups is 1. The van der Waals surface area contributed by atoms with Gasteiger partial charge in [-0.2, -0.15) is 0 Å². The van der Waals surface area contributed by atoms with Gasteiger partial charge in [0.1, 0.15) is 0 Å². The Balaban J connectivity index is 2.18. The van der Waals surface area contributed by atoms with E-state index in [4.69, 9.17) is 5.73 Å². The monoisotopic (exact) mass is 219 g/mol. The highest BCUT2D eigenvalue weighted by atomic mass is 16.1. The van der Waals surface area contributed by atoms with E-state index < -0.39 is 0 Å². The second-order valence-corrected chi connectivity index (χ2v) is 3.37. The lowest BCUT2D eigenvalue weighted by molar-refractivity contribution is -0.120. The molecule has 0 atom stereocenters. The first kappa shape index (κ1) is 12.4. The molecule has 16 heavy (non-hydrogen) atoms. The molecule has 0 spiro atoms. The van der Waals surface area contributed by atoms with Crippen LogP contribution in [0.2, 0.25) is 0 Å². The van der Waals surface area contributed by atoms with Crippen LogP contribution >= 0.6 is 0 Å². The van der Waals surface area contributed by atoms with E-state index in [0.717, 1.165) is 12.0 Å². The van der Waals surface area contributed by atoms with Crippen molar-refractivity contribution in [2.75, 3.05) is 13.1 Å². The molecule has 0 saturated heterocycles. The molecule has 0 aromatic carbocycles. The molecule has 0 bridgehead atoms. The number of amides is 1. The number of hydrogen-bond acceptors (Lipinski definition) is 3. The maximum atomic E-state index is 11.4. The van der Waals surface area contributed by atoms with E-state index in [9.17, 15) is 4.79 Å². The van der Waals surface area contributed by atoms with Gasteiger partial charge in [-0.3, -0.25) is 9.78 Å². The van der Waals surface area contributed by atoms with E-state index in [-0.39, 0.29) is 5.91 Å². The van der Waals surface area contributed by atoms with Gasteiger partial charge in [-0.05, 0) is 24.1 Å². The van der Waals surface area contributed by atoms with Crippen molar-refractivity contribution in [3.05, 3.63) is 42.2 Å². The van der Waals surface area contributed by atoms with Crippen LogP contribution in [-0.2, 0) is 11.2 Å². The quantitative estimate of drug-likeness (QED) is 0.690. The molecule has 1 heterocycles. The van der Waals surface area contributed by atoms with E-state index in [1.807, 2.05) is 24.3 Å². The molecule has 86 valence electrons. The minimum Gasteiger partial charge on any atom is -0.353 e. The lowest BCUT2D eigenvalue weighted by Gasteiger charge is -2.02. The molecule has 3 N–H and O–H groups in total. The summed E-state index contributed by atoms with van der Waals surface area (Å²) in [6, 6.07) is 3.84. The van der Waals surface area contributed by atoms with Crippen molar-refractivity contribution in [2.45, 2.75) is 12.8 Å².